The zero-order valence-electron chi connectivity index (χ0n) is 18.8. The van der Waals surface area contributed by atoms with Gasteiger partial charge in [-0.05, 0) is 35.9 Å². The average Bonchev–Trinajstić information content (AvgIpc) is 3.51. The van der Waals surface area contributed by atoms with Crippen LogP contribution in [-0.4, -0.2) is 26.0 Å². The highest BCUT2D eigenvalue weighted by Crippen LogP contribution is 2.42. The number of H-pyrrole nitrogens is 1. The van der Waals surface area contributed by atoms with Crippen LogP contribution in [0.4, 0.5) is 5.95 Å². The molecule has 1 N–H and O–H groups in total. The predicted octanol–water partition coefficient (Wildman–Crippen LogP) is 4.45. The van der Waals surface area contributed by atoms with Gasteiger partial charge in [0.05, 0.1) is 17.9 Å². The van der Waals surface area contributed by atoms with Crippen LogP contribution in [-0.2, 0) is 13.0 Å². The standard InChI is InChI=1S/C28H21N5O2/c34-27-19-8-2-3-10-22(19)32-25-20(27)16-33(26(25)24-13-17-7-1-4-11-23(17)35-24)28-30-14-18(15-31-28)21-9-5-6-12-29-21/h1-12,14-15,24,26H,13,16H2,(H,32,34). The number of rotatable bonds is 3. The zero-order valence-corrected chi connectivity index (χ0v) is 18.8. The Morgan fingerprint density at radius 2 is 1.71 bits per heavy atom. The zero-order chi connectivity index (χ0) is 23.4. The van der Waals surface area contributed by atoms with Gasteiger partial charge in [-0.15, -0.1) is 0 Å². The van der Waals surface area contributed by atoms with Crippen molar-refractivity contribution in [1.82, 2.24) is 19.9 Å². The maximum absolute atomic E-state index is 13.5. The molecule has 0 fully saturated rings. The largest absolute Gasteiger partial charge is 0.487 e. The lowest BCUT2D eigenvalue weighted by atomic mass is 10.00. The minimum absolute atomic E-state index is 0.0440. The molecule has 7 heteroatoms. The number of hydrogen-bond acceptors (Lipinski definition) is 6. The molecule has 5 heterocycles. The summed E-state index contributed by atoms with van der Waals surface area (Å²) in [5.74, 6) is 1.45. The van der Waals surface area contributed by atoms with E-state index in [1.54, 1.807) is 18.6 Å². The van der Waals surface area contributed by atoms with Gasteiger partial charge in [-0.2, -0.15) is 0 Å². The minimum atomic E-state index is -0.226. The Morgan fingerprint density at radius 3 is 2.54 bits per heavy atom. The monoisotopic (exact) mass is 459 g/mol. The summed E-state index contributed by atoms with van der Waals surface area (Å²) in [6.07, 6.45) is 5.89. The van der Waals surface area contributed by atoms with Crippen molar-refractivity contribution in [2.75, 3.05) is 4.90 Å². The maximum Gasteiger partial charge on any atom is 0.226 e. The summed E-state index contributed by atoms with van der Waals surface area (Å²) >= 11 is 0. The summed E-state index contributed by atoms with van der Waals surface area (Å²) in [6.45, 7) is 0.416. The van der Waals surface area contributed by atoms with Gasteiger partial charge in [-0.3, -0.25) is 9.78 Å². The fourth-order valence-electron chi connectivity index (χ4n) is 5.23. The lowest BCUT2D eigenvalue weighted by molar-refractivity contribution is 0.195. The first-order valence-electron chi connectivity index (χ1n) is 11.6. The van der Waals surface area contributed by atoms with Crippen molar-refractivity contribution in [1.29, 1.82) is 0 Å². The summed E-state index contributed by atoms with van der Waals surface area (Å²) in [6, 6.07) is 21.3. The molecule has 0 saturated carbocycles. The molecule has 0 spiro atoms. The number of para-hydroxylation sites is 2. The van der Waals surface area contributed by atoms with E-state index in [9.17, 15) is 4.79 Å². The molecule has 0 amide bonds. The van der Waals surface area contributed by atoms with Crippen LogP contribution in [0.1, 0.15) is 22.9 Å². The maximum atomic E-state index is 13.5. The van der Waals surface area contributed by atoms with Crippen LogP contribution < -0.4 is 15.1 Å². The topological polar surface area (TPSA) is 84.0 Å². The molecule has 0 saturated heterocycles. The summed E-state index contributed by atoms with van der Waals surface area (Å²) in [4.78, 5) is 32.9. The molecule has 2 unspecified atom stereocenters. The smallest absolute Gasteiger partial charge is 0.226 e. The van der Waals surface area contributed by atoms with Crippen LogP contribution in [0.3, 0.4) is 0 Å². The van der Waals surface area contributed by atoms with Gasteiger partial charge < -0.3 is 14.6 Å². The molecule has 2 aliphatic heterocycles. The van der Waals surface area contributed by atoms with E-state index in [2.05, 4.69) is 20.9 Å². The summed E-state index contributed by atoms with van der Waals surface area (Å²) in [5, 5.41) is 0.689. The second kappa shape index (κ2) is 7.77. The SMILES string of the molecule is O=c1c2c([nH]c3ccccc13)C(C1Cc3ccccc3O1)N(c1ncc(-c3ccccn3)cn1)C2. The van der Waals surface area contributed by atoms with Gasteiger partial charge in [0.1, 0.15) is 17.9 Å². The van der Waals surface area contributed by atoms with Crippen molar-refractivity contribution in [3.8, 4) is 17.0 Å². The molecule has 7 rings (SSSR count). The van der Waals surface area contributed by atoms with Gasteiger partial charge in [0.25, 0.3) is 0 Å². The highest BCUT2D eigenvalue weighted by molar-refractivity contribution is 5.80. The van der Waals surface area contributed by atoms with Gasteiger partial charge >= 0.3 is 0 Å². The Hall–Kier alpha value is -4.52. The molecule has 2 aromatic carbocycles. The fourth-order valence-corrected chi connectivity index (χ4v) is 5.23. The number of aromatic nitrogens is 4. The van der Waals surface area contributed by atoms with Gasteiger partial charge in [0, 0.05) is 47.0 Å². The Kier molecular flexibility index (Phi) is 4.42. The molecule has 5 aromatic rings. The third-order valence-corrected chi connectivity index (χ3v) is 6.88. The third-order valence-electron chi connectivity index (χ3n) is 6.88. The van der Waals surface area contributed by atoms with E-state index in [0.29, 0.717) is 17.9 Å². The number of pyridine rings is 2. The van der Waals surface area contributed by atoms with Crippen molar-refractivity contribution in [3.05, 3.63) is 112 Å². The first kappa shape index (κ1) is 19.9. The Labute approximate surface area is 201 Å². The van der Waals surface area contributed by atoms with Crippen LogP contribution in [0.25, 0.3) is 22.2 Å². The highest BCUT2D eigenvalue weighted by Gasteiger charge is 2.43. The Balaban J connectivity index is 1.33. The van der Waals surface area contributed by atoms with Crippen LogP contribution in [0.2, 0.25) is 0 Å². The van der Waals surface area contributed by atoms with Crippen LogP contribution in [0, 0.1) is 0 Å². The Bertz CT molecular complexity index is 1590. The summed E-state index contributed by atoms with van der Waals surface area (Å²) in [7, 11) is 0. The number of nitrogens with one attached hydrogen (secondary N) is 1. The second-order valence-corrected chi connectivity index (χ2v) is 8.92. The average molecular weight is 460 g/mol. The van der Waals surface area contributed by atoms with Gasteiger partial charge in [-0.25, -0.2) is 9.97 Å². The highest BCUT2D eigenvalue weighted by atomic mass is 16.5. The number of anilines is 1. The molecule has 35 heavy (non-hydrogen) atoms. The number of ether oxygens (including phenoxy) is 1. The van der Waals surface area contributed by atoms with Crippen molar-refractivity contribution in [2.45, 2.75) is 25.1 Å². The molecule has 0 radical (unpaired) electrons. The van der Waals surface area contributed by atoms with E-state index in [-0.39, 0.29) is 17.6 Å². The quantitative estimate of drug-likeness (QED) is 0.429. The number of nitrogens with zero attached hydrogens (tertiary/aromatic N) is 4. The summed E-state index contributed by atoms with van der Waals surface area (Å²) in [5.41, 5.74) is 5.31. The molecular formula is C28H21N5O2. The minimum Gasteiger partial charge on any atom is -0.487 e. The first-order valence-corrected chi connectivity index (χ1v) is 11.6. The number of hydrogen-bond donors (Lipinski definition) is 1. The van der Waals surface area contributed by atoms with Crippen molar-refractivity contribution < 1.29 is 4.74 Å². The van der Waals surface area contributed by atoms with Crippen LogP contribution in [0.5, 0.6) is 5.75 Å². The van der Waals surface area contributed by atoms with Gasteiger partial charge in [0.2, 0.25) is 5.95 Å². The van der Waals surface area contributed by atoms with Gasteiger partial charge in [0.15, 0.2) is 5.43 Å². The number of fused-ring (bicyclic) bond motifs is 3. The molecule has 2 atom stereocenters. The molecule has 0 aliphatic carbocycles. The summed E-state index contributed by atoms with van der Waals surface area (Å²) < 4.78 is 6.42. The van der Waals surface area contributed by atoms with E-state index in [4.69, 9.17) is 14.7 Å². The van der Waals surface area contributed by atoms with E-state index in [1.807, 2.05) is 60.7 Å². The van der Waals surface area contributed by atoms with E-state index in [0.717, 1.165) is 40.2 Å². The van der Waals surface area contributed by atoms with E-state index < -0.39 is 0 Å². The van der Waals surface area contributed by atoms with Crippen molar-refractivity contribution in [3.63, 3.8) is 0 Å². The van der Waals surface area contributed by atoms with Crippen LogP contribution >= 0.6 is 0 Å². The Morgan fingerprint density at radius 1 is 0.914 bits per heavy atom. The molecule has 7 nitrogen and oxygen atoms in total. The second-order valence-electron chi connectivity index (χ2n) is 8.92. The number of benzene rings is 2. The lowest BCUT2D eigenvalue weighted by Crippen LogP contribution is -2.35. The van der Waals surface area contributed by atoms with Crippen molar-refractivity contribution >= 4 is 16.9 Å². The lowest BCUT2D eigenvalue weighted by Gasteiger charge is -2.29. The molecular weight excluding hydrogens is 438 g/mol. The van der Waals surface area contributed by atoms with E-state index >= 15 is 0 Å². The fraction of sp³-hybridized carbons (Fsp3) is 0.143. The normalized spacial score (nSPS) is 18.3. The van der Waals surface area contributed by atoms with Gasteiger partial charge in [-0.1, -0.05) is 36.4 Å². The van der Waals surface area contributed by atoms with Crippen molar-refractivity contribution in [2.24, 2.45) is 0 Å². The van der Waals surface area contributed by atoms with E-state index in [1.165, 1.54) is 5.56 Å². The molecule has 0 bridgehead atoms. The molecule has 2 aliphatic rings. The predicted molar refractivity (Wildman–Crippen MR) is 133 cm³/mol. The van der Waals surface area contributed by atoms with Crippen LogP contribution in [0.15, 0.2) is 90.1 Å². The third kappa shape index (κ3) is 3.19. The molecule has 3 aromatic heterocycles. The first-order chi connectivity index (χ1) is 17.3. The molecule has 170 valence electrons. The number of aromatic amines is 1.